The topological polar surface area (TPSA) is 92.1 Å². The summed E-state index contributed by atoms with van der Waals surface area (Å²) < 4.78 is 1.28. The number of carbonyl (C=O) groups excluding carboxylic acids is 1. The number of amides is 1. The van der Waals surface area contributed by atoms with Gasteiger partial charge in [-0.15, -0.1) is 0 Å². The van der Waals surface area contributed by atoms with Gasteiger partial charge in [0.25, 0.3) is 5.56 Å². The van der Waals surface area contributed by atoms with Crippen LogP contribution < -0.4 is 10.9 Å². The molecule has 0 spiro atoms. The Labute approximate surface area is 131 Å². The van der Waals surface area contributed by atoms with Gasteiger partial charge < -0.3 is 5.32 Å². The van der Waals surface area contributed by atoms with Crippen molar-refractivity contribution in [2.45, 2.75) is 13.0 Å². The molecule has 0 fully saturated rings. The molecule has 0 radical (unpaired) electrons. The van der Waals surface area contributed by atoms with Crippen molar-refractivity contribution in [3.8, 4) is 0 Å². The first-order chi connectivity index (χ1) is 11.2. The molecule has 2 heterocycles. The molecule has 23 heavy (non-hydrogen) atoms. The normalized spacial score (nSPS) is 10.6. The van der Waals surface area contributed by atoms with E-state index >= 15 is 0 Å². The fourth-order valence-electron chi connectivity index (χ4n) is 2.28. The van der Waals surface area contributed by atoms with Crippen molar-refractivity contribution in [2.75, 3.05) is 0 Å². The Hall–Kier alpha value is -3.22. The van der Waals surface area contributed by atoms with E-state index in [1.807, 2.05) is 24.3 Å². The molecule has 3 rings (SSSR count). The van der Waals surface area contributed by atoms with Crippen molar-refractivity contribution in [3.05, 3.63) is 70.4 Å². The van der Waals surface area contributed by atoms with Gasteiger partial charge in [0.2, 0.25) is 11.7 Å². The van der Waals surface area contributed by atoms with Crippen LogP contribution >= 0.6 is 0 Å². The molecular formula is C16H15N5O2. The van der Waals surface area contributed by atoms with Crippen LogP contribution in [0.3, 0.4) is 0 Å². The van der Waals surface area contributed by atoms with Crippen LogP contribution in [0.15, 0.2) is 48.0 Å². The molecule has 1 aromatic carbocycles. The Balaban J connectivity index is 1.69. The van der Waals surface area contributed by atoms with E-state index in [4.69, 9.17) is 0 Å². The second kappa shape index (κ2) is 6.27. The summed E-state index contributed by atoms with van der Waals surface area (Å²) >= 11 is 0. The van der Waals surface area contributed by atoms with E-state index in [9.17, 15) is 9.59 Å². The zero-order valence-electron chi connectivity index (χ0n) is 12.3. The summed E-state index contributed by atoms with van der Waals surface area (Å²) in [4.78, 5) is 28.1. The molecule has 0 atom stereocenters. The Kier molecular flexibility index (Phi) is 4.01. The molecule has 7 heteroatoms. The molecule has 0 saturated heterocycles. The molecule has 0 bridgehead atoms. The maximum Gasteiger partial charge on any atom is 0.260 e. The molecule has 0 aliphatic heterocycles. The number of fused-ring (bicyclic) bond motifs is 1. The van der Waals surface area contributed by atoms with E-state index in [0.717, 1.165) is 11.1 Å². The Morgan fingerprint density at radius 1 is 1.39 bits per heavy atom. The van der Waals surface area contributed by atoms with Crippen molar-refractivity contribution >= 4 is 17.8 Å². The predicted molar refractivity (Wildman–Crippen MR) is 85.7 cm³/mol. The minimum atomic E-state index is -0.274. The van der Waals surface area contributed by atoms with E-state index in [0.29, 0.717) is 18.0 Å². The third-order valence-corrected chi connectivity index (χ3v) is 3.44. The predicted octanol–water partition coefficient (Wildman–Crippen LogP) is 0.919. The number of hydrogen-bond acceptors (Lipinski definition) is 4. The highest BCUT2D eigenvalue weighted by Crippen LogP contribution is 2.09. The summed E-state index contributed by atoms with van der Waals surface area (Å²) in [6.45, 7) is 4.15. The van der Waals surface area contributed by atoms with Gasteiger partial charge in [0.15, 0.2) is 0 Å². The third kappa shape index (κ3) is 3.18. The molecule has 1 amide bonds. The molecular weight excluding hydrogens is 294 g/mol. The quantitative estimate of drug-likeness (QED) is 0.733. The largest absolute Gasteiger partial charge is 0.352 e. The van der Waals surface area contributed by atoms with Crippen molar-refractivity contribution in [3.63, 3.8) is 0 Å². The van der Waals surface area contributed by atoms with E-state index in [2.05, 4.69) is 27.1 Å². The lowest BCUT2D eigenvalue weighted by molar-refractivity contribution is -0.120. The minimum Gasteiger partial charge on any atom is -0.352 e. The van der Waals surface area contributed by atoms with E-state index in [1.54, 1.807) is 6.08 Å². The molecule has 7 nitrogen and oxygen atoms in total. The van der Waals surface area contributed by atoms with Crippen LogP contribution in [-0.4, -0.2) is 25.5 Å². The number of carbonyl (C=O) groups is 1. The van der Waals surface area contributed by atoms with Gasteiger partial charge in [-0.05, 0) is 11.1 Å². The van der Waals surface area contributed by atoms with Crippen molar-refractivity contribution in [1.82, 2.24) is 24.9 Å². The van der Waals surface area contributed by atoms with Crippen LogP contribution in [0.25, 0.3) is 11.9 Å². The van der Waals surface area contributed by atoms with Crippen molar-refractivity contribution in [1.29, 1.82) is 0 Å². The monoisotopic (exact) mass is 309 g/mol. The SMILES string of the molecule is C=Cc1ccccc1CNC(=O)Cc1cc(=O)n2cn[nH]c2n1. The van der Waals surface area contributed by atoms with Gasteiger partial charge >= 0.3 is 0 Å². The molecule has 116 valence electrons. The highest BCUT2D eigenvalue weighted by molar-refractivity contribution is 5.78. The van der Waals surface area contributed by atoms with Crippen LogP contribution in [0.1, 0.15) is 16.8 Å². The number of aromatic amines is 1. The molecule has 0 aliphatic rings. The summed E-state index contributed by atoms with van der Waals surface area (Å²) in [6.07, 6.45) is 3.12. The van der Waals surface area contributed by atoms with Crippen LogP contribution in [-0.2, 0) is 17.8 Å². The zero-order valence-corrected chi connectivity index (χ0v) is 12.3. The number of hydrogen-bond donors (Lipinski definition) is 2. The van der Waals surface area contributed by atoms with Crippen molar-refractivity contribution < 1.29 is 4.79 Å². The average molecular weight is 309 g/mol. The molecule has 2 N–H and O–H groups in total. The fourth-order valence-corrected chi connectivity index (χ4v) is 2.28. The van der Waals surface area contributed by atoms with Crippen LogP contribution in [0.4, 0.5) is 0 Å². The second-order valence-corrected chi connectivity index (χ2v) is 4.99. The average Bonchev–Trinajstić information content (AvgIpc) is 3.02. The van der Waals surface area contributed by atoms with Crippen molar-refractivity contribution in [2.24, 2.45) is 0 Å². The highest BCUT2D eigenvalue weighted by atomic mass is 16.1. The first-order valence-corrected chi connectivity index (χ1v) is 7.06. The maximum absolute atomic E-state index is 12.1. The molecule has 3 aromatic rings. The lowest BCUT2D eigenvalue weighted by Gasteiger charge is -2.08. The van der Waals surface area contributed by atoms with E-state index in [1.165, 1.54) is 16.8 Å². The van der Waals surface area contributed by atoms with Crippen LogP contribution in [0.2, 0.25) is 0 Å². The number of rotatable bonds is 5. The number of H-pyrrole nitrogens is 1. The van der Waals surface area contributed by atoms with Gasteiger partial charge in [-0.1, -0.05) is 36.9 Å². The van der Waals surface area contributed by atoms with Gasteiger partial charge in [-0.3, -0.25) is 9.59 Å². The summed E-state index contributed by atoms with van der Waals surface area (Å²) in [6, 6.07) is 9.02. The number of benzene rings is 1. The Morgan fingerprint density at radius 3 is 3.04 bits per heavy atom. The summed E-state index contributed by atoms with van der Waals surface area (Å²) in [7, 11) is 0. The fraction of sp³-hybridized carbons (Fsp3) is 0.125. The molecule has 0 unspecified atom stereocenters. The first kappa shape index (κ1) is 14.7. The zero-order chi connectivity index (χ0) is 16.2. The van der Waals surface area contributed by atoms with Gasteiger partial charge in [-0.25, -0.2) is 14.5 Å². The number of nitrogens with one attached hydrogen (secondary N) is 2. The maximum atomic E-state index is 12.1. The van der Waals surface area contributed by atoms with Crippen LogP contribution in [0, 0.1) is 0 Å². The number of aromatic nitrogens is 4. The summed E-state index contributed by atoms with van der Waals surface area (Å²) in [5, 5.41) is 9.17. The van der Waals surface area contributed by atoms with Gasteiger partial charge in [-0.2, -0.15) is 5.10 Å². The second-order valence-electron chi connectivity index (χ2n) is 4.99. The van der Waals surface area contributed by atoms with Gasteiger partial charge in [0, 0.05) is 12.6 Å². The van der Waals surface area contributed by atoms with Crippen LogP contribution in [0.5, 0.6) is 0 Å². The van der Waals surface area contributed by atoms with E-state index < -0.39 is 0 Å². The summed E-state index contributed by atoms with van der Waals surface area (Å²) in [5.41, 5.74) is 2.08. The third-order valence-electron chi connectivity index (χ3n) is 3.44. The smallest absolute Gasteiger partial charge is 0.260 e. The lowest BCUT2D eigenvalue weighted by atomic mass is 10.1. The molecule has 0 aliphatic carbocycles. The highest BCUT2D eigenvalue weighted by Gasteiger charge is 2.09. The Morgan fingerprint density at radius 2 is 2.22 bits per heavy atom. The first-order valence-electron chi connectivity index (χ1n) is 7.06. The molecule has 2 aromatic heterocycles. The minimum absolute atomic E-state index is 0.0288. The Bertz CT molecular complexity index is 925. The standard InChI is InChI=1S/C16H15N5O2/c1-2-11-5-3-4-6-12(11)9-17-14(22)7-13-8-15(23)21-10-18-20-16(21)19-13/h2-6,8,10H,1,7,9H2,(H,17,22)(H,19,20). The summed E-state index contributed by atoms with van der Waals surface area (Å²) in [5.74, 6) is 0.108. The number of nitrogens with zero attached hydrogens (tertiary/aromatic N) is 3. The van der Waals surface area contributed by atoms with E-state index in [-0.39, 0.29) is 17.9 Å². The van der Waals surface area contributed by atoms with Gasteiger partial charge in [0.05, 0.1) is 12.1 Å². The lowest BCUT2D eigenvalue weighted by Crippen LogP contribution is -2.26. The van der Waals surface area contributed by atoms with Gasteiger partial charge in [0.1, 0.15) is 6.33 Å². The molecule has 0 saturated carbocycles.